The minimum absolute atomic E-state index is 0.408. The molecule has 0 atom stereocenters. The van der Waals surface area contributed by atoms with Crippen LogP contribution in [0.5, 0.6) is 0 Å². The molecular formula is C13H17NO. The number of carbonyl (C=O) groups excluding carboxylic acids is 1. The van der Waals surface area contributed by atoms with Gasteiger partial charge in [-0.15, -0.1) is 0 Å². The summed E-state index contributed by atoms with van der Waals surface area (Å²) in [5, 5.41) is 0. The first-order chi connectivity index (χ1) is 7.22. The maximum Gasteiger partial charge on any atom is 0.241 e. The molecule has 1 aromatic rings. The first kappa shape index (κ1) is 11.5. The Labute approximate surface area is 90.8 Å². The van der Waals surface area contributed by atoms with Crippen molar-refractivity contribution in [3.63, 3.8) is 0 Å². The van der Waals surface area contributed by atoms with Gasteiger partial charge in [-0.2, -0.15) is 0 Å². The molecule has 0 radical (unpaired) electrons. The zero-order chi connectivity index (χ0) is 11.1. The van der Waals surface area contributed by atoms with E-state index in [1.165, 1.54) is 24.5 Å². The predicted molar refractivity (Wildman–Crippen MR) is 63.3 cm³/mol. The van der Waals surface area contributed by atoms with Gasteiger partial charge in [-0.3, -0.25) is 4.79 Å². The summed E-state index contributed by atoms with van der Waals surface area (Å²) in [6.07, 6.45) is 6.62. The summed E-state index contributed by atoms with van der Waals surface area (Å²) in [5.41, 5.74) is 7.37. The first-order valence-corrected chi connectivity index (χ1v) is 5.29. The molecule has 0 aliphatic rings. The number of nitrogens with two attached hydrogens (primary N) is 1. The molecule has 80 valence electrons. The standard InChI is InChI=1S/C13H17NO/c1-2-3-5-11-6-4-7-12(10-11)8-9-13(14)15/h4,6-10H,2-3,5H2,1H3,(H2,14,15)/b9-8+. The Morgan fingerprint density at radius 1 is 1.47 bits per heavy atom. The Kier molecular flexibility index (Phi) is 4.61. The van der Waals surface area contributed by atoms with Crippen molar-refractivity contribution in [3.8, 4) is 0 Å². The summed E-state index contributed by atoms with van der Waals surface area (Å²) < 4.78 is 0. The average Bonchev–Trinajstić information content (AvgIpc) is 2.24. The van der Waals surface area contributed by atoms with Crippen LogP contribution in [0.2, 0.25) is 0 Å². The average molecular weight is 203 g/mol. The molecule has 0 aliphatic carbocycles. The highest BCUT2D eigenvalue weighted by Gasteiger charge is 1.93. The quantitative estimate of drug-likeness (QED) is 0.734. The van der Waals surface area contributed by atoms with Crippen LogP contribution in [-0.4, -0.2) is 5.91 Å². The number of hydrogen-bond acceptors (Lipinski definition) is 1. The highest BCUT2D eigenvalue weighted by Crippen LogP contribution is 2.09. The van der Waals surface area contributed by atoms with Gasteiger partial charge in [-0.05, 0) is 30.0 Å². The molecule has 0 saturated carbocycles. The summed E-state index contributed by atoms with van der Waals surface area (Å²) in [6, 6.07) is 8.17. The smallest absolute Gasteiger partial charge is 0.241 e. The molecule has 1 rings (SSSR count). The SMILES string of the molecule is CCCCc1cccc(/C=C/C(N)=O)c1. The first-order valence-electron chi connectivity index (χ1n) is 5.29. The fourth-order valence-electron chi connectivity index (χ4n) is 1.41. The van der Waals surface area contributed by atoms with Crippen molar-refractivity contribution in [2.75, 3.05) is 0 Å². The number of aryl methyl sites for hydroxylation is 1. The molecule has 0 unspecified atom stereocenters. The lowest BCUT2D eigenvalue weighted by molar-refractivity contribution is -0.113. The lowest BCUT2D eigenvalue weighted by Gasteiger charge is -2.00. The van der Waals surface area contributed by atoms with Gasteiger partial charge in [0.15, 0.2) is 0 Å². The normalized spacial score (nSPS) is 10.7. The monoisotopic (exact) mass is 203 g/mol. The van der Waals surface area contributed by atoms with Crippen molar-refractivity contribution in [2.45, 2.75) is 26.2 Å². The third-order valence-corrected chi connectivity index (χ3v) is 2.21. The largest absolute Gasteiger partial charge is 0.366 e. The molecule has 0 aliphatic heterocycles. The molecule has 0 bridgehead atoms. The highest BCUT2D eigenvalue weighted by molar-refractivity contribution is 5.90. The van der Waals surface area contributed by atoms with Crippen LogP contribution in [0.4, 0.5) is 0 Å². The molecule has 2 nitrogen and oxygen atoms in total. The second-order valence-corrected chi connectivity index (χ2v) is 3.58. The van der Waals surface area contributed by atoms with Gasteiger partial charge in [-0.1, -0.05) is 37.6 Å². The van der Waals surface area contributed by atoms with Crippen LogP contribution in [-0.2, 0) is 11.2 Å². The number of primary amides is 1. The van der Waals surface area contributed by atoms with E-state index in [4.69, 9.17) is 5.73 Å². The third kappa shape index (κ3) is 4.45. The Hall–Kier alpha value is -1.57. The summed E-state index contributed by atoms with van der Waals surface area (Å²) in [7, 11) is 0. The van der Waals surface area contributed by atoms with Gasteiger partial charge in [0.05, 0.1) is 0 Å². The molecule has 0 saturated heterocycles. The zero-order valence-electron chi connectivity index (χ0n) is 9.07. The Morgan fingerprint density at radius 3 is 2.93 bits per heavy atom. The van der Waals surface area contributed by atoms with Crippen molar-refractivity contribution in [1.29, 1.82) is 0 Å². The Bertz CT molecular complexity index is 355. The number of unbranched alkanes of at least 4 members (excludes halogenated alkanes) is 1. The van der Waals surface area contributed by atoms with Gasteiger partial charge in [0.1, 0.15) is 0 Å². The summed E-state index contributed by atoms with van der Waals surface area (Å²) in [5.74, 6) is -0.408. The summed E-state index contributed by atoms with van der Waals surface area (Å²) >= 11 is 0. The van der Waals surface area contributed by atoms with Crippen molar-refractivity contribution < 1.29 is 4.79 Å². The molecule has 1 aromatic carbocycles. The topological polar surface area (TPSA) is 43.1 Å². The van der Waals surface area contributed by atoms with Gasteiger partial charge in [0.25, 0.3) is 0 Å². The van der Waals surface area contributed by atoms with Crippen molar-refractivity contribution >= 4 is 12.0 Å². The van der Waals surface area contributed by atoms with E-state index in [1.807, 2.05) is 12.1 Å². The van der Waals surface area contributed by atoms with E-state index in [0.717, 1.165) is 12.0 Å². The second kappa shape index (κ2) is 6.02. The second-order valence-electron chi connectivity index (χ2n) is 3.58. The molecule has 0 fully saturated rings. The van der Waals surface area contributed by atoms with Crippen LogP contribution in [0.3, 0.4) is 0 Å². The molecular weight excluding hydrogens is 186 g/mol. The van der Waals surface area contributed by atoms with Crippen molar-refractivity contribution in [1.82, 2.24) is 0 Å². The maximum atomic E-state index is 10.6. The van der Waals surface area contributed by atoms with Crippen molar-refractivity contribution in [2.24, 2.45) is 5.73 Å². The maximum absolute atomic E-state index is 10.6. The molecule has 2 heteroatoms. The zero-order valence-corrected chi connectivity index (χ0v) is 9.07. The van der Waals surface area contributed by atoms with Gasteiger partial charge in [0, 0.05) is 6.08 Å². The Balaban J connectivity index is 2.69. The minimum atomic E-state index is -0.408. The van der Waals surface area contributed by atoms with E-state index < -0.39 is 5.91 Å². The van der Waals surface area contributed by atoms with Crippen LogP contribution in [0.1, 0.15) is 30.9 Å². The van der Waals surface area contributed by atoms with E-state index >= 15 is 0 Å². The lowest BCUT2D eigenvalue weighted by atomic mass is 10.1. The fraction of sp³-hybridized carbons (Fsp3) is 0.308. The number of carbonyl (C=O) groups is 1. The van der Waals surface area contributed by atoms with Crippen molar-refractivity contribution in [3.05, 3.63) is 41.5 Å². The molecule has 0 spiro atoms. The molecule has 1 amide bonds. The Morgan fingerprint density at radius 2 is 2.27 bits per heavy atom. The third-order valence-electron chi connectivity index (χ3n) is 2.21. The highest BCUT2D eigenvalue weighted by atomic mass is 16.1. The van der Waals surface area contributed by atoms with Gasteiger partial charge < -0.3 is 5.73 Å². The van der Waals surface area contributed by atoms with Crippen LogP contribution < -0.4 is 5.73 Å². The predicted octanol–water partition coefficient (Wildman–Crippen LogP) is 2.53. The number of rotatable bonds is 5. The summed E-state index contributed by atoms with van der Waals surface area (Å²) in [4.78, 5) is 10.6. The minimum Gasteiger partial charge on any atom is -0.366 e. The van der Waals surface area contributed by atoms with E-state index in [0.29, 0.717) is 0 Å². The number of amides is 1. The molecule has 2 N–H and O–H groups in total. The van der Waals surface area contributed by atoms with E-state index in [2.05, 4.69) is 19.1 Å². The van der Waals surface area contributed by atoms with E-state index in [1.54, 1.807) is 6.08 Å². The fourth-order valence-corrected chi connectivity index (χ4v) is 1.41. The van der Waals surface area contributed by atoms with Crippen LogP contribution >= 0.6 is 0 Å². The lowest BCUT2D eigenvalue weighted by Crippen LogP contribution is -2.05. The molecule has 15 heavy (non-hydrogen) atoms. The van der Waals surface area contributed by atoms with Gasteiger partial charge in [0.2, 0.25) is 5.91 Å². The van der Waals surface area contributed by atoms with Gasteiger partial charge >= 0.3 is 0 Å². The van der Waals surface area contributed by atoms with E-state index in [-0.39, 0.29) is 0 Å². The number of hydrogen-bond donors (Lipinski definition) is 1. The molecule has 0 aromatic heterocycles. The van der Waals surface area contributed by atoms with Crippen LogP contribution in [0.25, 0.3) is 6.08 Å². The molecule has 0 heterocycles. The van der Waals surface area contributed by atoms with Crippen LogP contribution in [0, 0.1) is 0 Å². The van der Waals surface area contributed by atoms with Gasteiger partial charge in [-0.25, -0.2) is 0 Å². The van der Waals surface area contributed by atoms with E-state index in [9.17, 15) is 4.79 Å². The number of benzene rings is 1. The summed E-state index contributed by atoms with van der Waals surface area (Å²) in [6.45, 7) is 2.18. The van der Waals surface area contributed by atoms with Crippen LogP contribution in [0.15, 0.2) is 30.3 Å².